The van der Waals surface area contributed by atoms with Crippen LogP contribution in [0.25, 0.3) is 0 Å². The predicted molar refractivity (Wildman–Crippen MR) is 96.7 cm³/mol. The lowest BCUT2D eigenvalue weighted by atomic mass is 10.3. The number of nitrogens with zero attached hydrogens (tertiary/aromatic N) is 2. The molecule has 3 amide bonds. The molecule has 7 heteroatoms. The highest BCUT2D eigenvalue weighted by atomic mass is 32.2. The normalized spacial score (nSPS) is 21.1. The van der Waals surface area contributed by atoms with Crippen molar-refractivity contribution in [2.75, 3.05) is 19.6 Å². The molecule has 0 saturated carbocycles. The van der Waals surface area contributed by atoms with Gasteiger partial charge in [0.1, 0.15) is 5.37 Å². The lowest BCUT2D eigenvalue weighted by Crippen LogP contribution is -2.46. The second kappa shape index (κ2) is 8.06. The van der Waals surface area contributed by atoms with E-state index in [9.17, 15) is 9.59 Å². The Morgan fingerprint density at radius 2 is 2.22 bits per heavy atom. The van der Waals surface area contributed by atoms with Crippen molar-refractivity contribution >= 4 is 35.0 Å². The number of thiophene rings is 1. The van der Waals surface area contributed by atoms with E-state index in [-0.39, 0.29) is 28.6 Å². The molecule has 1 aromatic heterocycles. The van der Waals surface area contributed by atoms with Crippen LogP contribution in [0.1, 0.15) is 38.6 Å². The molecule has 1 aromatic rings. The third kappa shape index (κ3) is 4.41. The summed E-state index contributed by atoms with van der Waals surface area (Å²) in [7, 11) is 0. The van der Waals surface area contributed by atoms with Crippen LogP contribution >= 0.6 is 23.1 Å². The number of hydrogen-bond acceptors (Lipinski definition) is 4. The molecule has 0 bridgehead atoms. The maximum atomic E-state index is 12.4. The van der Waals surface area contributed by atoms with Gasteiger partial charge in [-0.05, 0) is 50.1 Å². The van der Waals surface area contributed by atoms with Gasteiger partial charge in [0.25, 0.3) is 0 Å². The standard InChI is InChI=1S/C16H25N3O2S2/c1-5-18(16(21)17-11(2)3)7-8-19-14(20)12(4)23-15(19)13-6-9-22-10-13/h6,9-12,15H,5,7-8H2,1-4H3,(H,17,21)/t12-,15-/m1/s1. The first kappa shape index (κ1) is 18.1. The summed E-state index contributed by atoms with van der Waals surface area (Å²) in [5.41, 5.74) is 1.17. The summed E-state index contributed by atoms with van der Waals surface area (Å²) < 4.78 is 0. The lowest BCUT2D eigenvalue weighted by Gasteiger charge is -2.28. The Hall–Kier alpha value is -1.21. The fourth-order valence-corrected chi connectivity index (χ4v) is 4.61. The molecule has 5 nitrogen and oxygen atoms in total. The van der Waals surface area contributed by atoms with E-state index in [1.807, 2.05) is 38.0 Å². The molecular weight excluding hydrogens is 330 g/mol. The van der Waals surface area contributed by atoms with E-state index in [0.717, 1.165) is 0 Å². The minimum atomic E-state index is -0.0677. The zero-order valence-electron chi connectivity index (χ0n) is 14.1. The van der Waals surface area contributed by atoms with Crippen LogP contribution in [0, 0.1) is 0 Å². The molecule has 0 spiro atoms. The number of thioether (sulfide) groups is 1. The monoisotopic (exact) mass is 355 g/mol. The summed E-state index contributed by atoms with van der Waals surface area (Å²) in [5.74, 6) is 0.159. The molecule has 2 rings (SSSR count). The van der Waals surface area contributed by atoms with Crippen molar-refractivity contribution in [2.24, 2.45) is 0 Å². The molecule has 0 aliphatic carbocycles. The molecule has 1 N–H and O–H groups in total. The quantitative estimate of drug-likeness (QED) is 0.853. The number of carbonyl (C=O) groups is 2. The van der Waals surface area contributed by atoms with Crippen LogP contribution in [0.2, 0.25) is 0 Å². The van der Waals surface area contributed by atoms with Crippen molar-refractivity contribution in [3.05, 3.63) is 22.4 Å². The molecule has 2 heterocycles. The highest BCUT2D eigenvalue weighted by molar-refractivity contribution is 8.01. The number of hydrogen-bond donors (Lipinski definition) is 1. The molecule has 1 aliphatic rings. The molecule has 1 saturated heterocycles. The van der Waals surface area contributed by atoms with Gasteiger partial charge in [-0.1, -0.05) is 0 Å². The van der Waals surface area contributed by atoms with Crippen LogP contribution in [0.15, 0.2) is 16.8 Å². The molecule has 0 unspecified atom stereocenters. The molecule has 1 fully saturated rings. The molecule has 23 heavy (non-hydrogen) atoms. The van der Waals surface area contributed by atoms with Gasteiger partial charge in [-0.3, -0.25) is 4.79 Å². The van der Waals surface area contributed by atoms with E-state index in [1.165, 1.54) is 5.56 Å². The Kier molecular flexibility index (Phi) is 6.35. The Morgan fingerprint density at radius 3 is 2.78 bits per heavy atom. The van der Waals surface area contributed by atoms with Crippen LogP contribution in [-0.2, 0) is 4.79 Å². The van der Waals surface area contributed by atoms with Crippen LogP contribution in [0.5, 0.6) is 0 Å². The first-order valence-corrected chi connectivity index (χ1v) is 9.86. The van der Waals surface area contributed by atoms with Gasteiger partial charge in [0.05, 0.1) is 5.25 Å². The molecule has 128 valence electrons. The molecule has 1 aliphatic heterocycles. The first-order valence-electron chi connectivity index (χ1n) is 7.97. The SMILES string of the molecule is CCN(CCN1C(=O)[C@@H](C)S[C@@H]1c1ccsc1)C(=O)NC(C)C. The fourth-order valence-electron chi connectivity index (χ4n) is 2.55. The number of amides is 3. The van der Waals surface area contributed by atoms with Gasteiger partial charge in [0, 0.05) is 25.7 Å². The summed E-state index contributed by atoms with van der Waals surface area (Å²) in [6, 6.07) is 2.12. The van der Waals surface area contributed by atoms with Crippen molar-refractivity contribution in [3.63, 3.8) is 0 Å². The van der Waals surface area contributed by atoms with Crippen LogP contribution in [0.4, 0.5) is 4.79 Å². The number of carbonyl (C=O) groups excluding carboxylic acids is 2. The second-order valence-electron chi connectivity index (χ2n) is 5.90. The van der Waals surface area contributed by atoms with E-state index in [1.54, 1.807) is 28.0 Å². The third-order valence-corrected chi connectivity index (χ3v) is 5.86. The molecular formula is C16H25N3O2S2. The number of likely N-dealkylation sites (N-methyl/N-ethyl adjacent to an activating group) is 1. The summed E-state index contributed by atoms with van der Waals surface area (Å²) in [6.45, 7) is 9.55. The van der Waals surface area contributed by atoms with Gasteiger partial charge >= 0.3 is 6.03 Å². The van der Waals surface area contributed by atoms with Crippen molar-refractivity contribution in [1.82, 2.24) is 15.1 Å². The third-order valence-electron chi connectivity index (χ3n) is 3.77. The topological polar surface area (TPSA) is 52.7 Å². The van der Waals surface area contributed by atoms with Gasteiger partial charge < -0.3 is 15.1 Å². The Balaban J connectivity index is 2.01. The maximum Gasteiger partial charge on any atom is 0.317 e. The van der Waals surface area contributed by atoms with E-state index < -0.39 is 0 Å². The maximum absolute atomic E-state index is 12.4. The first-order chi connectivity index (χ1) is 10.9. The Labute approximate surface area is 146 Å². The zero-order chi connectivity index (χ0) is 17.0. The zero-order valence-corrected chi connectivity index (χ0v) is 15.7. The van der Waals surface area contributed by atoms with E-state index in [0.29, 0.717) is 19.6 Å². The van der Waals surface area contributed by atoms with Crippen LogP contribution < -0.4 is 5.32 Å². The highest BCUT2D eigenvalue weighted by Gasteiger charge is 2.38. The predicted octanol–water partition coefficient (Wildman–Crippen LogP) is 3.15. The Bertz CT molecular complexity index is 533. The number of urea groups is 1. The van der Waals surface area contributed by atoms with E-state index in [2.05, 4.69) is 16.8 Å². The van der Waals surface area contributed by atoms with Gasteiger partial charge in [-0.15, -0.1) is 11.8 Å². The van der Waals surface area contributed by atoms with E-state index in [4.69, 9.17) is 0 Å². The van der Waals surface area contributed by atoms with Crippen molar-refractivity contribution < 1.29 is 9.59 Å². The second-order valence-corrected chi connectivity index (χ2v) is 8.11. The minimum Gasteiger partial charge on any atom is -0.336 e. The van der Waals surface area contributed by atoms with Gasteiger partial charge in [-0.2, -0.15) is 11.3 Å². The molecule has 0 aromatic carbocycles. The molecule has 2 atom stereocenters. The van der Waals surface area contributed by atoms with Crippen molar-refractivity contribution in [2.45, 2.75) is 44.4 Å². The van der Waals surface area contributed by atoms with Gasteiger partial charge in [-0.25, -0.2) is 4.79 Å². The van der Waals surface area contributed by atoms with Gasteiger partial charge in [0.15, 0.2) is 0 Å². The largest absolute Gasteiger partial charge is 0.336 e. The summed E-state index contributed by atoms with van der Waals surface area (Å²) >= 11 is 3.33. The lowest BCUT2D eigenvalue weighted by molar-refractivity contribution is -0.129. The van der Waals surface area contributed by atoms with Crippen molar-refractivity contribution in [3.8, 4) is 0 Å². The molecule has 0 radical (unpaired) electrons. The highest BCUT2D eigenvalue weighted by Crippen LogP contribution is 2.43. The van der Waals surface area contributed by atoms with Crippen molar-refractivity contribution in [1.29, 1.82) is 0 Å². The fraction of sp³-hybridized carbons (Fsp3) is 0.625. The number of nitrogens with one attached hydrogen (secondary N) is 1. The minimum absolute atomic E-state index is 0.0283. The van der Waals surface area contributed by atoms with E-state index >= 15 is 0 Å². The van der Waals surface area contributed by atoms with Gasteiger partial charge in [0.2, 0.25) is 5.91 Å². The van der Waals surface area contributed by atoms with Crippen LogP contribution in [0.3, 0.4) is 0 Å². The summed E-state index contributed by atoms with van der Waals surface area (Å²) in [6.07, 6.45) is 0. The van der Waals surface area contributed by atoms with Crippen LogP contribution in [-0.4, -0.2) is 52.7 Å². The Morgan fingerprint density at radius 1 is 1.48 bits per heavy atom. The average molecular weight is 356 g/mol. The average Bonchev–Trinajstić information content (AvgIpc) is 3.10. The smallest absolute Gasteiger partial charge is 0.317 e. The number of rotatable bonds is 6. The summed E-state index contributed by atoms with van der Waals surface area (Å²) in [5, 5.41) is 7.08. The summed E-state index contributed by atoms with van der Waals surface area (Å²) in [4.78, 5) is 28.3.